The summed E-state index contributed by atoms with van der Waals surface area (Å²) in [4.78, 5) is 14.4. The average molecular weight is 287 g/mol. The summed E-state index contributed by atoms with van der Waals surface area (Å²) >= 11 is 0. The Morgan fingerprint density at radius 3 is 3.00 bits per heavy atom. The minimum Gasteiger partial charge on any atom is -0.356 e. The van der Waals surface area contributed by atoms with Gasteiger partial charge in [-0.15, -0.1) is 0 Å². The van der Waals surface area contributed by atoms with E-state index in [4.69, 9.17) is 0 Å². The lowest BCUT2D eigenvalue weighted by Crippen LogP contribution is -2.36. The van der Waals surface area contributed by atoms with Crippen molar-refractivity contribution in [2.45, 2.75) is 25.8 Å². The second-order valence-electron chi connectivity index (χ2n) is 6.13. The van der Waals surface area contributed by atoms with Crippen molar-refractivity contribution in [3.8, 4) is 0 Å². The van der Waals surface area contributed by atoms with Crippen LogP contribution >= 0.6 is 0 Å². The first kappa shape index (κ1) is 14.5. The van der Waals surface area contributed by atoms with Crippen molar-refractivity contribution in [1.29, 1.82) is 0 Å². The van der Waals surface area contributed by atoms with Crippen LogP contribution in [0.5, 0.6) is 0 Å². The molecule has 2 aliphatic rings. The van der Waals surface area contributed by atoms with Crippen molar-refractivity contribution in [1.82, 2.24) is 15.5 Å². The minimum atomic E-state index is 0.187. The Kier molecular flexibility index (Phi) is 4.88. The molecule has 3 rings (SSSR count). The molecule has 1 aromatic carbocycles. The fourth-order valence-corrected chi connectivity index (χ4v) is 3.28. The SMILES string of the molecule is O=C(NCCCN1CCc2ccccc2C1)C1CCNC1. The quantitative estimate of drug-likeness (QED) is 0.799. The lowest BCUT2D eigenvalue weighted by molar-refractivity contribution is -0.124. The summed E-state index contributed by atoms with van der Waals surface area (Å²) in [6.45, 7) is 5.87. The molecule has 21 heavy (non-hydrogen) atoms. The van der Waals surface area contributed by atoms with Gasteiger partial charge in [-0.3, -0.25) is 9.69 Å². The van der Waals surface area contributed by atoms with E-state index in [1.54, 1.807) is 0 Å². The van der Waals surface area contributed by atoms with Crippen molar-refractivity contribution < 1.29 is 4.79 Å². The molecule has 0 bridgehead atoms. The lowest BCUT2D eigenvalue weighted by atomic mass is 10.00. The van der Waals surface area contributed by atoms with Crippen LogP contribution in [-0.2, 0) is 17.8 Å². The molecule has 1 fully saturated rings. The predicted octanol–water partition coefficient (Wildman–Crippen LogP) is 1.16. The van der Waals surface area contributed by atoms with Crippen LogP contribution in [0.1, 0.15) is 24.0 Å². The highest BCUT2D eigenvalue weighted by Gasteiger charge is 2.21. The third-order valence-electron chi connectivity index (χ3n) is 4.59. The molecular formula is C17H25N3O. The average Bonchev–Trinajstić information content (AvgIpc) is 3.06. The highest BCUT2D eigenvalue weighted by atomic mass is 16.1. The topological polar surface area (TPSA) is 44.4 Å². The maximum Gasteiger partial charge on any atom is 0.224 e. The van der Waals surface area contributed by atoms with Crippen molar-refractivity contribution in [3.63, 3.8) is 0 Å². The van der Waals surface area contributed by atoms with Crippen LogP contribution in [0.4, 0.5) is 0 Å². The van der Waals surface area contributed by atoms with Crippen molar-refractivity contribution in [2.24, 2.45) is 5.92 Å². The summed E-state index contributed by atoms with van der Waals surface area (Å²) in [7, 11) is 0. The summed E-state index contributed by atoms with van der Waals surface area (Å²) in [5.41, 5.74) is 2.96. The molecule has 1 atom stereocenters. The van der Waals surface area contributed by atoms with E-state index < -0.39 is 0 Å². The van der Waals surface area contributed by atoms with Crippen molar-refractivity contribution in [3.05, 3.63) is 35.4 Å². The molecule has 1 aromatic rings. The number of nitrogens with zero attached hydrogens (tertiary/aromatic N) is 1. The summed E-state index contributed by atoms with van der Waals surface area (Å²) in [6.07, 6.45) is 3.17. The van der Waals surface area contributed by atoms with E-state index in [0.29, 0.717) is 0 Å². The molecule has 0 aromatic heterocycles. The summed E-state index contributed by atoms with van der Waals surface area (Å²) in [5, 5.41) is 6.31. The van der Waals surface area contributed by atoms with Crippen LogP contribution < -0.4 is 10.6 Å². The van der Waals surface area contributed by atoms with Gasteiger partial charge in [-0.25, -0.2) is 0 Å². The molecule has 1 amide bonds. The van der Waals surface area contributed by atoms with Gasteiger partial charge >= 0.3 is 0 Å². The third kappa shape index (κ3) is 3.83. The van der Waals surface area contributed by atoms with E-state index in [1.807, 2.05) is 0 Å². The van der Waals surface area contributed by atoms with Crippen molar-refractivity contribution in [2.75, 3.05) is 32.7 Å². The highest BCUT2D eigenvalue weighted by molar-refractivity contribution is 5.79. The molecule has 0 spiro atoms. The van der Waals surface area contributed by atoms with Gasteiger partial charge in [0, 0.05) is 32.7 Å². The number of hydrogen-bond acceptors (Lipinski definition) is 3. The second kappa shape index (κ2) is 7.05. The van der Waals surface area contributed by atoms with E-state index in [9.17, 15) is 4.79 Å². The molecule has 1 saturated heterocycles. The molecule has 2 aliphatic heterocycles. The first-order valence-corrected chi connectivity index (χ1v) is 8.10. The fraction of sp³-hybridized carbons (Fsp3) is 0.588. The number of carbonyl (C=O) groups excluding carboxylic acids is 1. The van der Waals surface area contributed by atoms with E-state index >= 15 is 0 Å². The molecule has 4 heteroatoms. The maximum atomic E-state index is 11.9. The van der Waals surface area contributed by atoms with Crippen molar-refractivity contribution >= 4 is 5.91 Å². The maximum absolute atomic E-state index is 11.9. The molecular weight excluding hydrogens is 262 g/mol. The van der Waals surface area contributed by atoms with Crippen LogP contribution in [0.2, 0.25) is 0 Å². The number of hydrogen-bond donors (Lipinski definition) is 2. The number of nitrogens with one attached hydrogen (secondary N) is 2. The monoisotopic (exact) mass is 287 g/mol. The number of carbonyl (C=O) groups is 1. The summed E-state index contributed by atoms with van der Waals surface area (Å²) < 4.78 is 0. The summed E-state index contributed by atoms with van der Waals surface area (Å²) in [6, 6.07) is 8.72. The molecule has 2 heterocycles. The van der Waals surface area contributed by atoms with Crippen LogP contribution in [-0.4, -0.2) is 43.5 Å². The van der Waals surface area contributed by atoms with Crippen LogP contribution in [0, 0.1) is 5.92 Å². The zero-order valence-corrected chi connectivity index (χ0v) is 12.6. The van der Waals surface area contributed by atoms with Crippen LogP contribution in [0.3, 0.4) is 0 Å². The molecule has 1 unspecified atom stereocenters. The zero-order valence-electron chi connectivity index (χ0n) is 12.6. The Morgan fingerprint density at radius 2 is 2.19 bits per heavy atom. The normalized spacial score (nSPS) is 22.0. The third-order valence-corrected chi connectivity index (χ3v) is 4.59. The zero-order chi connectivity index (χ0) is 14.5. The number of amides is 1. The van der Waals surface area contributed by atoms with Gasteiger partial charge in [-0.1, -0.05) is 24.3 Å². The number of fused-ring (bicyclic) bond motifs is 1. The molecule has 2 N–H and O–H groups in total. The molecule has 0 saturated carbocycles. The highest BCUT2D eigenvalue weighted by Crippen LogP contribution is 2.18. The van der Waals surface area contributed by atoms with Crippen LogP contribution in [0.25, 0.3) is 0 Å². The van der Waals surface area contributed by atoms with E-state index in [-0.39, 0.29) is 11.8 Å². The number of rotatable bonds is 5. The van der Waals surface area contributed by atoms with Gasteiger partial charge in [0.15, 0.2) is 0 Å². The van der Waals surface area contributed by atoms with Gasteiger partial charge in [-0.2, -0.15) is 0 Å². The molecule has 114 valence electrons. The Balaban J connectivity index is 1.36. The van der Waals surface area contributed by atoms with Crippen LogP contribution in [0.15, 0.2) is 24.3 Å². The van der Waals surface area contributed by atoms with E-state index in [2.05, 4.69) is 39.8 Å². The molecule has 0 aliphatic carbocycles. The first-order chi connectivity index (χ1) is 10.3. The molecule has 0 radical (unpaired) electrons. The van der Waals surface area contributed by atoms with Gasteiger partial charge < -0.3 is 10.6 Å². The fourth-order valence-electron chi connectivity index (χ4n) is 3.28. The largest absolute Gasteiger partial charge is 0.356 e. The summed E-state index contributed by atoms with van der Waals surface area (Å²) in [5.74, 6) is 0.413. The Hall–Kier alpha value is -1.39. The second-order valence-corrected chi connectivity index (χ2v) is 6.13. The van der Waals surface area contributed by atoms with E-state index in [1.165, 1.54) is 11.1 Å². The van der Waals surface area contributed by atoms with E-state index in [0.717, 1.165) is 58.5 Å². The van der Waals surface area contributed by atoms with Gasteiger partial charge in [0.2, 0.25) is 5.91 Å². The lowest BCUT2D eigenvalue weighted by Gasteiger charge is -2.28. The Labute approximate surface area is 126 Å². The standard InChI is InChI=1S/C17H25N3O/c21-17(15-6-9-18-12-15)19-8-3-10-20-11-7-14-4-1-2-5-16(14)13-20/h1-2,4-5,15,18H,3,6-13H2,(H,19,21). The van der Waals surface area contributed by atoms with Gasteiger partial charge in [0.1, 0.15) is 0 Å². The van der Waals surface area contributed by atoms with Gasteiger partial charge in [-0.05, 0) is 36.9 Å². The minimum absolute atomic E-state index is 0.187. The Bertz CT molecular complexity index is 483. The number of benzene rings is 1. The van der Waals surface area contributed by atoms with Gasteiger partial charge in [0.25, 0.3) is 0 Å². The molecule has 4 nitrogen and oxygen atoms in total. The first-order valence-electron chi connectivity index (χ1n) is 8.10. The predicted molar refractivity (Wildman–Crippen MR) is 84.0 cm³/mol. The Morgan fingerprint density at radius 1 is 1.33 bits per heavy atom. The van der Waals surface area contributed by atoms with Gasteiger partial charge in [0.05, 0.1) is 5.92 Å². The smallest absolute Gasteiger partial charge is 0.224 e.